The van der Waals surface area contributed by atoms with Crippen molar-refractivity contribution in [2.24, 2.45) is 0 Å². The minimum absolute atomic E-state index is 0.0781. The lowest BCUT2D eigenvalue weighted by molar-refractivity contribution is -0.117. The first-order valence-corrected chi connectivity index (χ1v) is 8.46. The van der Waals surface area contributed by atoms with Crippen molar-refractivity contribution >= 4 is 23.2 Å². The lowest BCUT2D eigenvalue weighted by atomic mass is 10.2. The van der Waals surface area contributed by atoms with E-state index in [2.05, 4.69) is 16.0 Å². The zero-order valence-corrected chi connectivity index (χ0v) is 15.1. The van der Waals surface area contributed by atoms with Crippen LogP contribution in [-0.2, 0) is 16.1 Å². The molecule has 142 valence electrons. The van der Waals surface area contributed by atoms with Gasteiger partial charge in [0.05, 0.1) is 0 Å². The molecule has 1 heterocycles. The summed E-state index contributed by atoms with van der Waals surface area (Å²) < 4.78 is 10.5. The Balaban J connectivity index is 1.60. The summed E-state index contributed by atoms with van der Waals surface area (Å²) in [6.45, 7) is 1.84. The van der Waals surface area contributed by atoms with Crippen LogP contribution in [0.15, 0.2) is 54.2 Å². The second-order valence-corrected chi connectivity index (χ2v) is 5.95. The van der Waals surface area contributed by atoms with E-state index in [1.807, 2.05) is 12.1 Å². The number of rotatable bonds is 6. The molecule has 0 bridgehead atoms. The minimum atomic E-state index is -0.509. The van der Waals surface area contributed by atoms with Gasteiger partial charge in [-0.2, -0.15) is 5.26 Å². The molecule has 3 N–H and O–H groups in total. The van der Waals surface area contributed by atoms with Crippen molar-refractivity contribution < 1.29 is 19.1 Å². The second kappa shape index (κ2) is 8.60. The Morgan fingerprint density at radius 2 is 1.93 bits per heavy atom. The summed E-state index contributed by atoms with van der Waals surface area (Å²) in [5, 5.41) is 17.5. The molecule has 2 aromatic rings. The predicted molar refractivity (Wildman–Crippen MR) is 102 cm³/mol. The molecule has 0 saturated carbocycles. The first-order chi connectivity index (χ1) is 13.5. The highest BCUT2D eigenvalue weighted by Crippen LogP contribution is 2.32. The molecule has 0 aromatic heterocycles. The molecule has 0 unspecified atom stereocenters. The Morgan fingerprint density at radius 1 is 1.14 bits per heavy atom. The maximum atomic E-state index is 12.3. The third kappa shape index (κ3) is 4.80. The summed E-state index contributed by atoms with van der Waals surface area (Å²) in [4.78, 5) is 23.4. The lowest BCUT2D eigenvalue weighted by Gasteiger charge is -2.07. The zero-order chi connectivity index (χ0) is 19.9. The molecule has 8 nitrogen and oxygen atoms in total. The van der Waals surface area contributed by atoms with Gasteiger partial charge in [-0.3, -0.25) is 9.59 Å². The Morgan fingerprint density at radius 3 is 2.71 bits per heavy atom. The number of benzene rings is 2. The maximum Gasteiger partial charge on any atom is 0.263 e. The summed E-state index contributed by atoms with van der Waals surface area (Å²) in [5.74, 6) is 0.598. The summed E-state index contributed by atoms with van der Waals surface area (Å²) in [6.07, 6.45) is 1.32. The molecule has 2 aromatic carbocycles. The molecule has 2 amide bonds. The van der Waals surface area contributed by atoms with Crippen molar-refractivity contribution in [3.05, 3.63) is 59.8 Å². The number of nitriles is 1. The van der Waals surface area contributed by atoms with Crippen LogP contribution >= 0.6 is 0 Å². The molecular weight excluding hydrogens is 360 g/mol. The summed E-state index contributed by atoms with van der Waals surface area (Å²) >= 11 is 0. The molecular formula is C20H18N4O4. The fourth-order valence-electron chi connectivity index (χ4n) is 2.52. The third-order valence-corrected chi connectivity index (χ3v) is 3.82. The molecule has 0 atom stereocenters. The fourth-order valence-corrected chi connectivity index (χ4v) is 2.52. The number of nitrogens with zero attached hydrogens (tertiary/aromatic N) is 1. The first-order valence-electron chi connectivity index (χ1n) is 8.46. The van der Waals surface area contributed by atoms with E-state index >= 15 is 0 Å². The van der Waals surface area contributed by atoms with Crippen molar-refractivity contribution in [1.29, 1.82) is 5.26 Å². The van der Waals surface area contributed by atoms with E-state index in [0.29, 0.717) is 22.9 Å². The number of carbonyl (C=O) groups is 2. The fraction of sp³-hybridized carbons (Fsp3) is 0.150. The Kier molecular flexibility index (Phi) is 5.77. The van der Waals surface area contributed by atoms with Gasteiger partial charge in [0.25, 0.3) is 5.91 Å². The number of hydrogen-bond donors (Lipinski definition) is 3. The summed E-state index contributed by atoms with van der Waals surface area (Å²) in [6, 6.07) is 14.2. The number of amides is 2. The standard InChI is InChI=1S/C20H18N4O4/c1-13(25)24-17-4-2-3-16(8-17)22-11-15(9-21)20(26)23-10-14-5-6-18-19(7-14)28-12-27-18/h2-8,11,22H,10,12H2,1H3,(H,23,26)(H,24,25)/b15-11-. The highest BCUT2D eigenvalue weighted by molar-refractivity contribution is 5.97. The van der Waals surface area contributed by atoms with Gasteiger partial charge in [0.1, 0.15) is 11.6 Å². The van der Waals surface area contributed by atoms with Gasteiger partial charge in [0.2, 0.25) is 12.7 Å². The maximum absolute atomic E-state index is 12.3. The predicted octanol–water partition coefficient (Wildman–Crippen LogP) is 2.51. The van der Waals surface area contributed by atoms with Crippen molar-refractivity contribution in [2.45, 2.75) is 13.5 Å². The van der Waals surface area contributed by atoms with Gasteiger partial charge >= 0.3 is 0 Å². The molecule has 0 saturated heterocycles. The number of fused-ring (bicyclic) bond motifs is 1. The molecule has 0 aliphatic carbocycles. The van der Waals surface area contributed by atoms with E-state index in [9.17, 15) is 14.9 Å². The first kappa shape index (κ1) is 18.8. The van der Waals surface area contributed by atoms with Crippen molar-refractivity contribution in [2.75, 3.05) is 17.4 Å². The number of carbonyl (C=O) groups excluding carboxylic acids is 2. The van der Waals surface area contributed by atoms with Gasteiger partial charge in [-0.25, -0.2) is 0 Å². The second-order valence-electron chi connectivity index (χ2n) is 5.95. The SMILES string of the molecule is CC(=O)Nc1cccc(N/C=C(/C#N)C(=O)NCc2ccc3c(c2)OCO3)c1. The molecule has 0 spiro atoms. The average molecular weight is 378 g/mol. The van der Waals surface area contributed by atoms with E-state index in [-0.39, 0.29) is 24.8 Å². The van der Waals surface area contributed by atoms with Crippen LogP contribution in [0.25, 0.3) is 0 Å². The topological polar surface area (TPSA) is 112 Å². The van der Waals surface area contributed by atoms with Gasteiger partial charge in [-0.05, 0) is 35.9 Å². The Labute approximate surface area is 161 Å². The Hall–Kier alpha value is -3.99. The smallest absolute Gasteiger partial charge is 0.263 e. The average Bonchev–Trinajstić information content (AvgIpc) is 3.14. The normalized spacial score (nSPS) is 12.1. The number of ether oxygens (including phenoxy) is 2. The van der Waals surface area contributed by atoms with Crippen LogP contribution in [0.4, 0.5) is 11.4 Å². The van der Waals surface area contributed by atoms with Gasteiger partial charge in [-0.15, -0.1) is 0 Å². The van der Waals surface area contributed by atoms with Crippen LogP contribution in [0, 0.1) is 11.3 Å². The quantitative estimate of drug-likeness (QED) is 0.526. The minimum Gasteiger partial charge on any atom is -0.454 e. The van der Waals surface area contributed by atoms with Gasteiger partial charge in [0.15, 0.2) is 11.5 Å². The van der Waals surface area contributed by atoms with Crippen LogP contribution in [0.1, 0.15) is 12.5 Å². The van der Waals surface area contributed by atoms with E-state index in [1.165, 1.54) is 13.1 Å². The number of anilines is 2. The van der Waals surface area contributed by atoms with Crippen molar-refractivity contribution in [1.82, 2.24) is 5.32 Å². The van der Waals surface area contributed by atoms with Crippen molar-refractivity contribution in [3.8, 4) is 17.6 Å². The third-order valence-electron chi connectivity index (χ3n) is 3.82. The summed E-state index contributed by atoms with van der Waals surface area (Å²) in [5.41, 5.74) is 1.98. The van der Waals surface area contributed by atoms with Gasteiger partial charge < -0.3 is 25.4 Å². The van der Waals surface area contributed by atoms with Crippen molar-refractivity contribution in [3.63, 3.8) is 0 Å². The van der Waals surface area contributed by atoms with Gasteiger partial charge in [0, 0.05) is 31.0 Å². The van der Waals surface area contributed by atoms with Crippen LogP contribution in [0.3, 0.4) is 0 Å². The molecule has 0 radical (unpaired) electrons. The molecule has 1 aliphatic rings. The molecule has 28 heavy (non-hydrogen) atoms. The molecule has 0 fully saturated rings. The van der Waals surface area contributed by atoms with Crippen LogP contribution in [0.2, 0.25) is 0 Å². The molecule has 3 rings (SSSR count). The van der Waals surface area contributed by atoms with E-state index in [0.717, 1.165) is 5.56 Å². The zero-order valence-electron chi connectivity index (χ0n) is 15.1. The monoisotopic (exact) mass is 378 g/mol. The van der Waals surface area contributed by atoms with E-state index in [4.69, 9.17) is 9.47 Å². The summed E-state index contributed by atoms with van der Waals surface area (Å²) in [7, 11) is 0. The largest absolute Gasteiger partial charge is 0.454 e. The highest BCUT2D eigenvalue weighted by atomic mass is 16.7. The van der Waals surface area contributed by atoms with Crippen LogP contribution < -0.4 is 25.4 Å². The molecule has 1 aliphatic heterocycles. The molecule has 8 heteroatoms. The van der Waals surface area contributed by atoms with Crippen LogP contribution in [0.5, 0.6) is 11.5 Å². The lowest BCUT2D eigenvalue weighted by Crippen LogP contribution is -2.24. The number of nitrogens with one attached hydrogen (secondary N) is 3. The van der Waals surface area contributed by atoms with E-state index in [1.54, 1.807) is 36.4 Å². The van der Waals surface area contributed by atoms with Crippen LogP contribution in [-0.4, -0.2) is 18.6 Å². The Bertz CT molecular complexity index is 978. The van der Waals surface area contributed by atoms with E-state index < -0.39 is 5.91 Å². The van der Waals surface area contributed by atoms with Gasteiger partial charge in [-0.1, -0.05) is 12.1 Å². The highest BCUT2D eigenvalue weighted by Gasteiger charge is 2.14. The number of hydrogen-bond acceptors (Lipinski definition) is 6.